The Balaban J connectivity index is 2.92. The van der Waals surface area contributed by atoms with E-state index in [4.69, 9.17) is 0 Å². The Morgan fingerprint density at radius 1 is 1.50 bits per heavy atom. The van der Waals surface area contributed by atoms with Gasteiger partial charge in [-0.2, -0.15) is 0 Å². The van der Waals surface area contributed by atoms with Crippen LogP contribution in [-0.2, 0) is 0 Å². The molecule has 56 valence electrons. The van der Waals surface area contributed by atoms with Crippen LogP contribution >= 0.6 is 22.6 Å². The molecule has 0 aromatic carbocycles. The zero-order valence-electron chi connectivity index (χ0n) is 6.74. The molecule has 1 aliphatic rings. The van der Waals surface area contributed by atoms with Crippen LogP contribution in [0.5, 0.6) is 0 Å². The molecule has 0 saturated heterocycles. The summed E-state index contributed by atoms with van der Waals surface area (Å²) in [5.41, 5.74) is 2.97. The summed E-state index contributed by atoms with van der Waals surface area (Å²) in [5, 5.41) is 0. The van der Waals surface area contributed by atoms with Crippen molar-refractivity contribution in [1.82, 2.24) is 0 Å². The van der Waals surface area contributed by atoms with E-state index in [1.54, 1.807) is 0 Å². The fourth-order valence-corrected chi connectivity index (χ4v) is 1.83. The minimum absolute atomic E-state index is 0.755. The first-order valence-corrected chi connectivity index (χ1v) is 4.72. The van der Waals surface area contributed by atoms with Gasteiger partial charge in [-0.3, -0.25) is 0 Å². The number of allylic oxidation sites excluding steroid dienone is 4. The maximum atomic E-state index is 2.45. The molecule has 0 N–H and O–H groups in total. The van der Waals surface area contributed by atoms with Gasteiger partial charge in [0.15, 0.2) is 0 Å². The average molecular weight is 248 g/mol. The molecular weight excluding hydrogens is 235 g/mol. The van der Waals surface area contributed by atoms with Crippen molar-refractivity contribution in [2.75, 3.05) is 0 Å². The quantitative estimate of drug-likeness (QED) is 0.573. The Labute approximate surface area is 76.5 Å². The molecule has 0 bridgehead atoms. The lowest BCUT2D eigenvalue weighted by molar-refractivity contribution is 0.694. The fraction of sp³-hybridized carbons (Fsp3) is 0.556. The molecule has 0 radical (unpaired) electrons. The summed E-state index contributed by atoms with van der Waals surface area (Å²) < 4.78 is 1.53. The van der Waals surface area contributed by atoms with Crippen molar-refractivity contribution in [2.45, 2.75) is 27.2 Å². The fourth-order valence-electron chi connectivity index (χ4n) is 1.46. The van der Waals surface area contributed by atoms with E-state index in [2.05, 4.69) is 49.4 Å². The van der Waals surface area contributed by atoms with E-state index >= 15 is 0 Å². The van der Waals surface area contributed by atoms with Gasteiger partial charge in [-0.1, -0.05) is 18.6 Å². The van der Waals surface area contributed by atoms with Crippen molar-refractivity contribution in [2.24, 2.45) is 5.92 Å². The minimum Gasteiger partial charge on any atom is -0.0724 e. The highest BCUT2D eigenvalue weighted by atomic mass is 127. The zero-order valence-corrected chi connectivity index (χ0v) is 8.90. The van der Waals surface area contributed by atoms with Gasteiger partial charge in [-0.25, -0.2) is 0 Å². The Kier molecular flexibility index (Phi) is 2.55. The third-order valence-corrected chi connectivity index (χ3v) is 3.81. The van der Waals surface area contributed by atoms with Crippen LogP contribution in [0.3, 0.4) is 0 Å². The first kappa shape index (κ1) is 8.31. The lowest BCUT2D eigenvalue weighted by Crippen LogP contribution is -2.01. The largest absolute Gasteiger partial charge is 0.0724 e. The minimum atomic E-state index is 0.755. The standard InChI is InChI=1S/C9H13I/c1-6-4-7(2)9(10)8(3)5-6/h4,8H,5H2,1-3H3. The zero-order chi connectivity index (χ0) is 7.72. The second-order valence-corrected chi connectivity index (χ2v) is 4.29. The van der Waals surface area contributed by atoms with Gasteiger partial charge < -0.3 is 0 Å². The van der Waals surface area contributed by atoms with Gasteiger partial charge in [0.05, 0.1) is 0 Å². The Morgan fingerprint density at radius 3 is 2.60 bits per heavy atom. The molecule has 0 amide bonds. The monoisotopic (exact) mass is 248 g/mol. The first-order chi connectivity index (χ1) is 4.61. The molecule has 1 heteroatoms. The molecule has 1 atom stereocenters. The van der Waals surface area contributed by atoms with Crippen molar-refractivity contribution >= 4 is 22.6 Å². The Bertz CT molecular complexity index is 199. The van der Waals surface area contributed by atoms with Crippen LogP contribution in [0.25, 0.3) is 0 Å². The lowest BCUT2D eigenvalue weighted by atomic mass is 9.93. The van der Waals surface area contributed by atoms with Gasteiger partial charge in [-0.05, 0) is 57.9 Å². The molecule has 1 rings (SSSR count). The van der Waals surface area contributed by atoms with E-state index in [9.17, 15) is 0 Å². The SMILES string of the molecule is CC1=CC(C)=C(I)C(C)C1. The number of hydrogen-bond donors (Lipinski definition) is 0. The number of halogens is 1. The predicted molar refractivity (Wildman–Crippen MR) is 54.3 cm³/mol. The maximum absolute atomic E-state index is 2.45. The number of rotatable bonds is 0. The summed E-state index contributed by atoms with van der Waals surface area (Å²) in [7, 11) is 0. The molecule has 0 fully saturated rings. The smallest absolute Gasteiger partial charge is 0.00335 e. The summed E-state index contributed by atoms with van der Waals surface area (Å²) in [5.74, 6) is 0.755. The van der Waals surface area contributed by atoms with E-state index in [0.717, 1.165) is 5.92 Å². The van der Waals surface area contributed by atoms with E-state index in [1.165, 1.54) is 21.1 Å². The van der Waals surface area contributed by atoms with E-state index in [1.807, 2.05) is 0 Å². The van der Waals surface area contributed by atoms with Gasteiger partial charge in [0.1, 0.15) is 0 Å². The topological polar surface area (TPSA) is 0 Å². The maximum Gasteiger partial charge on any atom is -0.00335 e. The normalized spacial score (nSPS) is 26.8. The summed E-state index contributed by atoms with van der Waals surface area (Å²) >= 11 is 2.45. The highest BCUT2D eigenvalue weighted by molar-refractivity contribution is 14.1. The summed E-state index contributed by atoms with van der Waals surface area (Å²) in [4.78, 5) is 0. The third kappa shape index (κ3) is 1.62. The molecule has 0 aromatic heterocycles. The molecule has 0 nitrogen and oxygen atoms in total. The van der Waals surface area contributed by atoms with Crippen LogP contribution in [0.15, 0.2) is 20.8 Å². The molecule has 0 aromatic rings. The van der Waals surface area contributed by atoms with Crippen LogP contribution in [0, 0.1) is 5.92 Å². The molecule has 0 heterocycles. The van der Waals surface area contributed by atoms with Crippen molar-refractivity contribution in [3.63, 3.8) is 0 Å². The van der Waals surface area contributed by atoms with Crippen molar-refractivity contribution < 1.29 is 0 Å². The molecule has 0 spiro atoms. The molecule has 1 unspecified atom stereocenters. The Morgan fingerprint density at radius 2 is 2.10 bits per heavy atom. The van der Waals surface area contributed by atoms with Gasteiger partial charge >= 0.3 is 0 Å². The van der Waals surface area contributed by atoms with Gasteiger partial charge in [-0.15, -0.1) is 0 Å². The average Bonchev–Trinajstić information content (AvgIpc) is 1.82. The summed E-state index contributed by atoms with van der Waals surface area (Å²) in [6.07, 6.45) is 3.54. The van der Waals surface area contributed by atoms with Crippen LogP contribution < -0.4 is 0 Å². The van der Waals surface area contributed by atoms with Crippen molar-refractivity contribution in [3.05, 3.63) is 20.8 Å². The predicted octanol–water partition coefficient (Wildman–Crippen LogP) is 3.68. The molecule has 0 aliphatic heterocycles. The lowest BCUT2D eigenvalue weighted by Gasteiger charge is -2.18. The van der Waals surface area contributed by atoms with Crippen LogP contribution in [0.2, 0.25) is 0 Å². The van der Waals surface area contributed by atoms with E-state index < -0.39 is 0 Å². The highest BCUT2D eigenvalue weighted by Crippen LogP contribution is 2.32. The summed E-state index contributed by atoms with van der Waals surface area (Å²) in [6.45, 7) is 6.70. The third-order valence-electron chi connectivity index (χ3n) is 1.90. The molecule has 1 aliphatic carbocycles. The molecular formula is C9H13I. The van der Waals surface area contributed by atoms with Crippen LogP contribution in [0.4, 0.5) is 0 Å². The first-order valence-electron chi connectivity index (χ1n) is 3.64. The molecule has 0 saturated carbocycles. The van der Waals surface area contributed by atoms with Gasteiger partial charge in [0, 0.05) is 0 Å². The van der Waals surface area contributed by atoms with Crippen LogP contribution in [-0.4, -0.2) is 0 Å². The molecule has 10 heavy (non-hydrogen) atoms. The van der Waals surface area contributed by atoms with E-state index in [-0.39, 0.29) is 0 Å². The van der Waals surface area contributed by atoms with Gasteiger partial charge in [0.25, 0.3) is 0 Å². The highest BCUT2D eigenvalue weighted by Gasteiger charge is 2.13. The van der Waals surface area contributed by atoms with Crippen LogP contribution in [0.1, 0.15) is 27.2 Å². The Hall–Kier alpha value is 0.210. The van der Waals surface area contributed by atoms with Crippen molar-refractivity contribution in [1.29, 1.82) is 0 Å². The second-order valence-electron chi connectivity index (χ2n) is 3.13. The van der Waals surface area contributed by atoms with Gasteiger partial charge in [0.2, 0.25) is 0 Å². The summed E-state index contributed by atoms with van der Waals surface area (Å²) in [6, 6.07) is 0. The number of hydrogen-bond acceptors (Lipinski definition) is 0. The second kappa shape index (κ2) is 3.07. The van der Waals surface area contributed by atoms with E-state index in [0.29, 0.717) is 0 Å². The van der Waals surface area contributed by atoms with Crippen molar-refractivity contribution in [3.8, 4) is 0 Å².